The molecule has 60 heavy (non-hydrogen) atoms. The van der Waals surface area contributed by atoms with Crippen molar-refractivity contribution in [3.63, 3.8) is 0 Å². The molecule has 0 aliphatic carbocycles. The fraction of sp³-hybridized carbons (Fsp3) is 0.611. The van der Waals surface area contributed by atoms with Gasteiger partial charge in [-0.05, 0) is 109 Å². The Balaban J connectivity index is 4.54. The Morgan fingerprint density at radius 3 is 1.07 bits per heavy atom. The minimum absolute atomic E-state index is 0.127. The van der Waals surface area contributed by atoms with Gasteiger partial charge in [0, 0.05) is 19.3 Å². The highest BCUT2D eigenvalue weighted by Gasteiger charge is 2.19. The lowest BCUT2D eigenvalue weighted by Crippen LogP contribution is -2.30. The molecule has 0 rings (SSSR count). The summed E-state index contributed by atoms with van der Waals surface area (Å²) in [4.78, 5) is 37.8. The van der Waals surface area contributed by atoms with Crippen molar-refractivity contribution in [1.29, 1.82) is 0 Å². The van der Waals surface area contributed by atoms with Crippen molar-refractivity contribution in [3.05, 3.63) is 109 Å². The fourth-order valence-corrected chi connectivity index (χ4v) is 5.96. The quantitative estimate of drug-likeness (QED) is 0.0264. The van der Waals surface area contributed by atoms with E-state index in [1.807, 2.05) is 0 Å². The van der Waals surface area contributed by atoms with Crippen LogP contribution in [-0.2, 0) is 28.6 Å². The van der Waals surface area contributed by atoms with E-state index >= 15 is 0 Å². The lowest BCUT2D eigenvalue weighted by Gasteiger charge is -2.18. The van der Waals surface area contributed by atoms with Gasteiger partial charge in [0.25, 0.3) is 0 Å². The fourth-order valence-electron chi connectivity index (χ4n) is 5.96. The minimum Gasteiger partial charge on any atom is -0.462 e. The Morgan fingerprint density at radius 2 is 0.667 bits per heavy atom. The second kappa shape index (κ2) is 47.7. The van der Waals surface area contributed by atoms with Crippen LogP contribution in [0.5, 0.6) is 0 Å². The van der Waals surface area contributed by atoms with Gasteiger partial charge in [-0.2, -0.15) is 0 Å². The first kappa shape index (κ1) is 56.1. The van der Waals surface area contributed by atoms with Crippen LogP contribution in [-0.4, -0.2) is 37.2 Å². The average Bonchev–Trinajstić information content (AvgIpc) is 3.24. The molecule has 0 aromatic carbocycles. The SMILES string of the molecule is CC/C=C\C/C=C\C/C=C\CCCC(=O)OCC(COC(=O)CCC/C=C\C/C=C\C/C=C\C/C=C\CCCCC)OC(=O)CCCCCCCCC/C=C\C/C=C\CC. The summed E-state index contributed by atoms with van der Waals surface area (Å²) in [6.07, 6.45) is 63.7. The molecule has 0 fully saturated rings. The molecular weight excluding hydrogens is 745 g/mol. The van der Waals surface area contributed by atoms with Crippen LogP contribution >= 0.6 is 0 Å². The monoisotopic (exact) mass is 831 g/mol. The molecule has 1 unspecified atom stereocenters. The molecule has 0 aromatic heterocycles. The Hall–Kier alpha value is -3.93. The number of rotatable bonds is 41. The van der Waals surface area contributed by atoms with E-state index in [2.05, 4.69) is 130 Å². The maximum absolute atomic E-state index is 12.7. The molecule has 0 saturated carbocycles. The Kier molecular flexibility index (Phi) is 44.6. The van der Waals surface area contributed by atoms with Crippen molar-refractivity contribution in [2.24, 2.45) is 0 Å². The molecule has 0 radical (unpaired) electrons. The zero-order valence-electron chi connectivity index (χ0n) is 38.4. The molecule has 0 spiro atoms. The normalized spacial score (nSPS) is 13.1. The van der Waals surface area contributed by atoms with Gasteiger partial charge in [0.15, 0.2) is 6.10 Å². The molecule has 0 saturated heterocycles. The standard InChI is InChI=1S/C54H86O6/c1-4-7-10-13-16-19-22-24-26-27-28-30-32-35-38-41-44-47-53(56)59-50-51(49-58-52(55)46-43-40-37-34-31-21-18-15-12-9-6-3)60-54(57)48-45-42-39-36-33-29-25-23-20-17-14-11-8-5-2/h8-9,11-12,16-21,24,26,28,30,34-35,37-38,51H,4-7,10,13-15,22-23,25,27,29,31-33,36,39-50H2,1-3H3/b11-8-,12-9-,19-16-,20-17-,21-18-,26-24-,30-28-,37-34-,38-35-. The molecular formula is C54H86O6. The van der Waals surface area contributed by atoms with Crippen LogP contribution in [0.2, 0.25) is 0 Å². The van der Waals surface area contributed by atoms with Gasteiger partial charge in [0.2, 0.25) is 0 Å². The van der Waals surface area contributed by atoms with Crippen molar-refractivity contribution in [3.8, 4) is 0 Å². The highest BCUT2D eigenvalue weighted by atomic mass is 16.6. The van der Waals surface area contributed by atoms with E-state index in [1.165, 1.54) is 51.4 Å². The van der Waals surface area contributed by atoms with Crippen molar-refractivity contribution < 1.29 is 28.6 Å². The lowest BCUT2D eigenvalue weighted by atomic mass is 10.1. The van der Waals surface area contributed by atoms with Crippen LogP contribution in [0.1, 0.15) is 194 Å². The second-order valence-electron chi connectivity index (χ2n) is 15.2. The van der Waals surface area contributed by atoms with Gasteiger partial charge >= 0.3 is 17.9 Å². The predicted molar refractivity (Wildman–Crippen MR) is 256 cm³/mol. The van der Waals surface area contributed by atoms with Gasteiger partial charge in [-0.3, -0.25) is 14.4 Å². The third-order valence-electron chi connectivity index (χ3n) is 9.49. The second-order valence-corrected chi connectivity index (χ2v) is 15.2. The van der Waals surface area contributed by atoms with E-state index in [0.29, 0.717) is 19.3 Å². The number of carbonyl (C=O) groups excluding carboxylic acids is 3. The van der Waals surface area contributed by atoms with E-state index in [1.54, 1.807) is 0 Å². The summed E-state index contributed by atoms with van der Waals surface area (Å²) in [6.45, 7) is 6.25. The largest absolute Gasteiger partial charge is 0.462 e. The third kappa shape index (κ3) is 45.2. The van der Waals surface area contributed by atoms with Crippen LogP contribution in [0, 0.1) is 0 Å². The summed E-state index contributed by atoms with van der Waals surface area (Å²) in [7, 11) is 0. The number of hydrogen-bond acceptors (Lipinski definition) is 6. The maximum atomic E-state index is 12.7. The molecule has 0 N–H and O–H groups in total. The number of carbonyl (C=O) groups is 3. The topological polar surface area (TPSA) is 78.9 Å². The molecule has 338 valence electrons. The minimum atomic E-state index is -0.825. The summed E-state index contributed by atoms with van der Waals surface area (Å²) >= 11 is 0. The van der Waals surface area contributed by atoms with E-state index in [9.17, 15) is 14.4 Å². The summed E-state index contributed by atoms with van der Waals surface area (Å²) in [5.41, 5.74) is 0. The first-order valence-electron chi connectivity index (χ1n) is 23.9. The summed E-state index contributed by atoms with van der Waals surface area (Å²) < 4.78 is 16.6. The Bertz CT molecular complexity index is 1280. The van der Waals surface area contributed by atoms with Gasteiger partial charge in [0.1, 0.15) is 13.2 Å². The van der Waals surface area contributed by atoms with Crippen molar-refractivity contribution in [2.75, 3.05) is 13.2 Å². The van der Waals surface area contributed by atoms with Gasteiger partial charge in [0.05, 0.1) is 0 Å². The Labute approximate surface area is 368 Å². The molecule has 0 aliphatic heterocycles. The van der Waals surface area contributed by atoms with Crippen LogP contribution in [0.15, 0.2) is 109 Å². The molecule has 6 heteroatoms. The predicted octanol–water partition coefficient (Wildman–Crippen LogP) is 15.6. The Morgan fingerprint density at radius 1 is 0.350 bits per heavy atom. The van der Waals surface area contributed by atoms with E-state index in [-0.39, 0.29) is 44.0 Å². The van der Waals surface area contributed by atoms with Crippen molar-refractivity contribution in [1.82, 2.24) is 0 Å². The molecule has 0 bridgehead atoms. The number of esters is 3. The first-order valence-corrected chi connectivity index (χ1v) is 23.9. The average molecular weight is 831 g/mol. The van der Waals surface area contributed by atoms with Crippen molar-refractivity contribution >= 4 is 17.9 Å². The highest BCUT2D eigenvalue weighted by molar-refractivity contribution is 5.71. The first-order chi connectivity index (χ1) is 29.5. The molecule has 0 aromatic rings. The van der Waals surface area contributed by atoms with Gasteiger partial charge in [-0.1, -0.05) is 175 Å². The molecule has 1 atom stereocenters. The van der Waals surface area contributed by atoms with E-state index < -0.39 is 6.10 Å². The summed E-state index contributed by atoms with van der Waals surface area (Å²) in [6, 6.07) is 0. The zero-order chi connectivity index (χ0) is 43.7. The molecule has 0 amide bonds. The zero-order valence-corrected chi connectivity index (χ0v) is 38.4. The smallest absolute Gasteiger partial charge is 0.306 e. The number of unbranched alkanes of at least 4 members (excludes halogenated alkanes) is 12. The van der Waals surface area contributed by atoms with E-state index in [0.717, 1.165) is 89.9 Å². The molecule has 0 heterocycles. The third-order valence-corrected chi connectivity index (χ3v) is 9.49. The van der Waals surface area contributed by atoms with Crippen LogP contribution in [0.4, 0.5) is 0 Å². The molecule has 0 aliphatic rings. The van der Waals surface area contributed by atoms with Gasteiger partial charge < -0.3 is 14.2 Å². The maximum Gasteiger partial charge on any atom is 0.306 e. The van der Waals surface area contributed by atoms with Crippen LogP contribution < -0.4 is 0 Å². The summed E-state index contributed by atoms with van der Waals surface area (Å²) in [5, 5.41) is 0. The number of allylic oxidation sites excluding steroid dienone is 18. The highest BCUT2D eigenvalue weighted by Crippen LogP contribution is 2.12. The lowest BCUT2D eigenvalue weighted by molar-refractivity contribution is -0.167. The summed E-state index contributed by atoms with van der Waals surface area (Å²) in [5.74, 6) is -1.05. The van der Waals surface area contributed by atoms with Gasteiger partial charge in [-0.15, -0.1) is 0 Å². The molecule has 6 nitrogen and oxygen atoms in total. The van der Waals surface area contributed by atoms with Crippen LogP contribution in [0.3, 0.4) is 0 Å². The number of ether oxygens (including phenoxy) is 3. The van der Waals surface area contributed by atoms with Crippen LogP contribution in [0.25, 0.3) is 0 Å². The van der Waals surface area contributed by atoms with E-state index in [4.69, 9.17) is 14.2 Å². The van der Waals surface area contributed by atoms with Crippen molar-refractivity contribution in [2.45, 2.75) is 200 Å². The number of hydrogen-bond donors (Lipinski definition) is 0. The van der Waals surface area contributed by atoms with Gasteiger partial charge in [-0.25, -0.2) is 0 Å².